The van der Waals surface area contributed by atoms with Crippen LogP contribution in [0.15, 0.2) is 30.3 Å². The molecular formula is C20H24N4O4S. The molecule has 0 bridgehead atoms. The maximum Gasteiger partial charge on any atom is 0.269 e. The van der Waals surface area contributed by atoms with Crippen LogP contribution in [0.5, 0.6) is 0 Å². The van der Waals surface area contributed by atoms with Crippen molar-refractivity contribution in [2.75, 3.05) is 26.9 Å². The number of likely N-dealkylation sites (N-methyl/N-ethyl adjacent to an activating group) is 1. The van der Waals surface area contributed by atoms with E-state index in [1.807, 2.05) is 24.3 Å². The summed E-state index contributed by atoms with van der Waals surface area (Å²) in [4.78, 5) is 26.0. The summed E-state index contributed by atoms with van der Waals surface area (Å²) < 4.78 is 28.5. The van der Waals surface area contributed by atoms with E-state index in [0.717, 1.165) is 40.5 Å². The summed E-state index contributed by atoms with van der Waals surface area (Å²) in [6, 6.07) is 9.25. The molecule has 1 saturated carbocycles. The molecule has 2 heterocycles. The molecule has 0 atom stereocenters. The average molecular weight is 417 g/mol. The van der Waals surface area contributed by atoms with Crippen LogP contribution in [-0.4, -0.2) is 60.6 Å². The number of hydrogen-bond acceptors (Lipinski definition) is 4. The van der Waals surface area contributed by atoms with Crippen molar-refractivity contribution >= 4 is 43.8 Å². The first-order valence-corrected chi connectivity index (χ1v) is 11.3. The van der Waals surface area contributed by atoms with Crippen LogP contribution in [0.2, 0.25) is 0 Å². The maximum absolute atomic E-state index is 12.8. The second kappa shape index (κ2) is 6.91. The van der Waals surface area contributed by atoms with Crippen molar-refractivity contribution in [3.05, 3.63) is 36.0 Å². The standard InChI is InChI=1S/C20H24N4O4S/c1-22(2)18(25)11-21-20(26)17-10-16-19(24(17)29(3,27)28)14-6-4-5-7-15(14)23(16)12-13-8-9-13/h4-7,10,13H,8-9,11-12H2,1-3H3,(H,21,26). The average Bonchev–Trinajstić information content (AvgIpc) is 3.31. The Kier molecular flexibility index (Phi) is 4.65. The van der Waals surface area contributed by atoms with Gasteiger partial charge in [-0.2, -0.15) is 0 Å². The predicted molar refractivity (Wildman–Crippen MR) is 111 cm³/mol. The summed E-state index contributed by atoms with van der Waals surface area (Å²) in [5, 5.41) is 3.33. The molecule has 29 heavy (non-hydrogen) atoms. The van der Waals surface area contributed by atoms with Gasteiger partial charge in [0.15, 0.2) is 0 Å². The zero-order valence-corrected chi connectivity index (χ0v) is 17.5. The Hall–Kier alpha value is -2.81. The molecule has 1 aromatic carbocycles. The quantitative estimate of drug-likeness (QED) is 0.661. The Morgan fingerprint density at radius 1 is 1.17 bits per heavy atom. The highest BCUT2D eigenvalue weighted by Crippen LogP contribution is 2.37. The number of rotatable bonds is 6. The van der Waals surface area contributed by atoms with Crippen LogP contribution in [0.4, 0.5) is 0 Å². The summed E-state index contributed by atoms with van der Waals surface area (Å²) in [5.74, 6) is -0.293. The second-order valence-corrected chi connectivity index (χ2v) is 9.66. The molecule has 0 unspecified atom stereocenters. The van der Waals surface area contributed by atoms with Gasteiger partial charge in [-0.25, -0.2) is 12.4 Å². The molecule has 4 rings (SSSR count). The van der Waals surface area contributed by atoms with Crippen molar-refractivity contribution < 1.29 is 18.0 Å². The topological polar surface area (TPSA) is 93.4 Å². The van der Waals surface area contributed by atoms with Gasteiger partial charge in [0.1, 0.15) is 5.69 Å². The Morgan fingerprint density at radius 3 is 2.48 bits per heavy atom. The van der Waals surface area contributed by atoms with Gasteiger partial charge < -0.3 is 14.8 Å². The smallest absolute Gasteiger partial charge is 0.269 e. The van der Waals surface area contributed by atoms with Crippen LogP contribution in [0.3, 0.4) is 0 Å². The van der Waals surface area contributed by atoms with Gasteiger partial charge in [-0.1, -0.05) is 18.2 Å². The van der Waals surface area contributed by atoms with Gasteiger partial charge in [-0.05, 0) is 30.9 Å². The number of para-hydroxylation sites is 1. The van der Waals surface area contributed by atoms with E-state index in [1.165, 1.54) is 4.90 Å². The summed E-state index contributed by atoms with van der Waals surface area (Å²) in [6.07, 6.45) is 3.39. The van der Waals surface area contributed by atoms with Crippen LogP contribution in [0.1, 0.15) is 23.3 Å². The summed E-state index contributed by atoms with van der Waals surface area (Å²) in [5.41, 5.74) is 2.19. The Bertz CT molecular complexity index is 1230. The Labute approximate surface area is 169 Å². The van der Waals surface area contributed by atoms with Crippen LogP contribution < -0.4 is 5.32 Å². The predicted octanol–water partition coefficient (Wildman–Crippen LogP) is 1.63. The summed E-state index contributed by atoms with van der Waals surface area (Å²) in [6.45, 7) is 0.589. The third-order valence-corrected chi connectivity index (χ3v) is 6.32. The Morgan fingerprint density at radius 2 is 1.86 bits per heavy atom. The minimum atomic E-state index is -3.76. The molecule has 0 spiro atoms. The van der Waals surface area contributed by atoms with Crippen molar-refractivity contribution in [1.82, 2.24) is 18.8 Å². The van der Waals surface area contributed by atoms with Crippen LogP contribution in [0.25, 0.3) is 21.9 Å². The molecule has 9 heteroatoms. The SMILES string of the molecule is CN(C)C(=O)CNC(=O)c1cc2c(c3ccccc3n2CC2CC2)n1S(C)(=O)=O. The van der Waals surface area contributed by atoms with Crippen molar-refractivity contribution in [2.45, 2.75) is 19.4 Å². The lowest BCUT2D eigenvalue weighted by Crippen LogP contribution is -2.37. The third kappa shape index (κ3) is 3.50. The van der Waals surface area contributed by atoms with E-state index in [9.17, 15) is 18.0 Å². The molecule has 1 aliphatic carbocycles. The van der Waals surface area contributed by atoms with E-state index in [2.05, 4.69) is 9.88 Å². The fourth-order valence-electron chi connectivity index (χ4n) is 3.64. The van der Waals surface area contributed by atoms with Gasteiger partial charge in [0.05, 0.1) is 29.4 Å². The van der Waals surface area contributed by atoms with Crippen molar-refractivity contribution in [3.63, 3.8) is 0 Å². The minimum absolute atomic E-state index is 0.0133. The molecule has 1 aliphatic rings. The van der Waals surface area contributed by atoms with Gasteiger partial charge in [0.25, 0.3) is 5.91 Å². The van der Waals surface area contributed by atoms with E-state index in [-0.39, 0.29) is 18.1 Å². The molecule has 0 aliphatic heterocycles. The molecule has 2 aromatic heterocycles. The maximum atomic E-state index is 12.8. The zero-order chi connectivity index (χ0) is 20.9. The molecule has 0 radical (unpaired) electrons. The Balaban J connectivity index is 1.89. The molecular weight excluding hydrogens is 392 g/mol. The molecule has 8 nitrogen and oxygen atoms in total. The van der Waals surface area contributed by atoms with E-state index in [4.69, 9.17) is 0 Å². The van der Waals surface area contributed by atoms with E-state index in [1.54, 1.807) is 20.2 Å². The van der Waals surface area contributed by atoms with Crippen molar-refractivity contribution in [3.8, 4) is 0 Å². The lowest BCUT2D eigenvalue weighted by atomic mass is 10.2. The zero-order valence-electron chi connectivity index (χ0n) is 16.7. The van der Waals surface area contributed by atoms with Gasteiger partial charge in [0, 0.05) is 26.0 Å². The fraction of sp³-hybridized carbons (Fsp3) is 0.400. The minimum Gasteiger partial charge on any atom is -0.347 e. The number of carbonyl (C=O) groups excluding carboxylic acids is 2. The second-order valence-electron chi connectivity index (χ2n) is 7.83. The van der Waals surface area contributed by atoms with E-state index in [0.29, 0.717) is 17.0 Å². The number of amides is 2. The molecule has 1 N–H and O–H groups in total. The fourth-order valence-corrected chi connectivity index (χ4v) is 4.65. The summed E-state index contributed by atoms with van der Waals surface area (Å²) >= 11 is 0. The van der Waals surface area contributed by atoms with Crippen LogP contribution >= 0.6 is 0 Å². The van der Waals surface area contributed by atoms with Gasteiger partial charge in [-0.15, -0.1) is 0 Å². The highest BCUT2D eigenvalue weighted by atomic mass is 32.2. The number of nitrogens with zero attached hydrogens (tertiary/aromatic N) is 3. The van der Waals surface area contributed by atoms with Gasteiger partial charge in [0.2, 0.25) is 15.9 Å². The third-order valence-electron chi connectivity index (χ3n) is 5.28. The number of hydrogen-bond donors (Lipinski definition) is 1. The largest absolute Gasteiger partial charge is 0.347 e. The number of aromatic nitrogens is 2. The highest BCUT2D eigenvalue weighted by Gasteiger charge is 2.29. The monoisotopic (exact) mass is 416 g/mol. The molecule has 3 aromatic rings. The normalized spacial score (nSPS) is 14.4. The first-order valence-electron chi connectivity index (χ1n) is 9.50. The van der Waals surface area contributed by atoms with Crippen molar-refractivity contribution in [2.24, 2.45) is 5.92 Å². The lowest BCUT2D eigenvalue weighted by molar-refractivity contribution is -0.127. The molecule has 154 valence electrons. The number of carbonyl (C=O) groups is 2. The molecule has 0 saturated heterocycles. The van der Waals surface area contributed by atoms with Crippen LogP contribution in [0, 0.1) is 5.92 Å². The highest BCUT2D eigenvalue weighted by molar-refractivity contribution is 7.89. The molecule has 1 fully saturated rings. The number of fused-ring (bicyclic) bond motifs is 3. The van der Waals surface area contributed by atoms with Gasteiger partial charge >= 0.3 is 0 Å². The lowest BCUT2D eigenvalue weighted by Gasteiger charge is -2.12. The van der Waals surface area contributed by atoms with E-state index < -0.39 is 15.9 Å². The van der Waals surface area contributed by atoms with Gasteiger partial charge in [-0.3, -0.25) is 9.59 Å². The first kappa shape index (κ1) is 19.5. The molecule has 2 amide bonds. The van der Waals surface area contributed by atoms with Crippen LogP contribution in [-0.2, 0) is 21.4 Å². The number of benzene rings is 1. The van der Waals surface area contributed by atoms with E-state index >= 15 is 0 Å². The summed E-state index contributed by atoms with van der Waals surface area (Å²) in [7, 11) is -0.576. The first-order chi connectivity index (χ1) is 13.7. The number of nitrogens with one attached hydrogen (secondary N) is 1. The van der Waals surface area contributed by atoms with Crippen molar-refractivity contribution in [1.29, 1.82) is 0 Å².